The fourth-order valence-corrected chi connectivity index (χ4v) is 6.00. The summed E-state index contributed by atoms with van der Waals surface area (Å²) in [5, 5.41) is 37.8. The summed E-state index contributed by atoms with van der Waals surface area (Å²) in [6.07, 6.45) is -0.716. The summed E-state index contributed by atoms with van der Waals surface area (Å²) in [5.74, 6) is -1.89. The Morgan fingerprint density at radius 1 is 0.891 bits per heavy atom. The van der Waals surface area contributed by atoms with E-state index in [1.165, 1.54) is 30.5 Å². The molecule has 0 bridgehead atoms. The molecule has 2 atom stereocenters. The second-order valence-corrected chi connectivity index (χ2v) is 15.1. The number of fused-ring (bicyclic) bond motifs is 1. The Kier molecular flexibility index (Phi) is 12.8. The number of imide groups is 1. The quantitative estimate of drug-likeness (QED) is 0.0820. The number of ether oxygens (including phenoxy) is 2. The van der Waals surface area contributed by atoms with Crippen LogP contribution in [0.15, 0.2) is 66.9 Å². The molecule has 0 saturated carbocycles. The number of carboxylic acids is 1. The van der Waals surface area contributed by atoms with Crippen molar-refractivity contribution in [1.82, 2.24) is 10.3 Å². The lowest BCUT2D eigenvalue weighted by Gasteiger charge is -2.28. The van der Waals surface area contributed by atoms with Crippen molar-refractivity contribution in [2.45, 2.75) is 91.5 Å². The summed E-state index contributed by atoms with van der Waals surface area (Å²) >= 11 is 0. The molecule has 4 N–H and O–H groups in total. The number of aryl methyl sites for hydroxylation is 2. The number of nitro groups is 1. The average molecular weight is 758 g/mol. The first-order valence-corrected chi connectivity index (χ1v) is 17.6. The number of anilines is 2. The van der Waals surface area contributed by atoms with E-state index in [1.54, 1.807) is 77.9 Å². The minimum atomic E-state index is -1.23. The van der Waals surface area contributed by atoms with Gasteiger partial charge in [-0.25, -0.2) is 14.6 Å². The van der Waals surface area contributed by atoms with Gasteiger partial charge in [0.25, 0.3) is 5.69 Å². The van der Waals surface area contributed by atoms with Gasteiger partial charge in [0.2, 0.25) is 5.91 Å². The topological polar surface area (TPSA) is 211 Å². The zero-order chi connectivity index (χ0) is 40.8. The molecular formula is C40H47N5O10. The molecule has 0 fully saturated rings. The number of non-ortho nitro benzene ring substituents is 1. The van der Waals surface area contributed by atoms with Crippen molar-refractivity contribution < 1.29 is 43.8 Å². The monoisotopic (exact) mass is 757 g/mol. The van der Waals surface area contributed by atoms with Crippen LogP contribution in [-0.4, -0.2) is 62.0 Å². The van der Waals surface area contributed by atoms with Gasteiger partial charge < -0.3 is 30.3 Å². The number of hydrogen-bond donors (Lipinski definition) is 4. The number of benzene rings is 3. The Labute approximate surface area is 318 Å². The standard InChI is InChI=1S/C40H47N5O10/c1-23-18-27(19-24(2)30(23)15-17-46)34(36(49)43-32(22-33(47)48)26-10-9-11-29(21-26)45(52)53)42-28-12-13-31-25(20-28)14-16-41-35(31)44(37(50)54-39(3,4)5)38(51)55-40(6,7)8/h9-14,16,18-21,32,34,42,46H,15,17,22H2,1-8H3,(H,43,49)(H,47,48). The first kappa shape index (κ1) is 41.7. The Balaban J connectivity index is 1.80. The van der Waals surface area contributed by atoms with Crippen LogP contribution in [0.25, 0.3) is 10.8 Å². The molecule has 1 aromatic heterocycles. The maximum absolute atomic E-state index is 14.3. The van der Waals surface area contributed by atoms with Gasteiger partial charge in [0, 0.05) is 36.0 Å². The highest BCUT2D eigenvalue weighted by atomic mass is 16.6. The van der Waals surface area contributed by atoms with E-state index >= 15 is 0 Å². The van der Waals surface area contributed by atoms with Gasteiger partial charge in [0.05, 0.1) is 17.4 Å². The third kappa shape index (κ3) is 11.0. The van der Waals surface area contributed by atoms with Gasteiger partial charge in [-0.15, -0.1) is 0 Å². The molecule has 3 aromatic carbocycles. The number of amides is 3. The predicted molar refractivity (Wildman–Crippen MR) is 206 cm³/mol. The lowest BCUT2D eigenvalue weighted by molar-refractivity contribution is -0.384. The van der Waals surface area contributed by atoms with Gasteiger partial charge in [-0.2, -0.15) is 4.90 Å². The molecule has 15 heteroatoms. The second-order valence-electron chi connectivity index (χ2n) is 15.1. The summed E-state index contributed by atoms with van der Waals surface area (Å²) in [6.45, 7) is 13.6. The number of aliphatic carboxylic acids is 1. The molecule has 55 heavy (non-hydrogen) atoms. The molecule has 0 radical (unpaired) electrons. The average Bonchev–Trinajstić information content (AvgIpc) is 3.06. The zero-order valence-electron chi connectivity index (χ0n) is 32.1. The van der Waals surface area contributed by atoms with E-state index in [0.29, 0.717) is 28.4 Å². The number of nitro benzene ring substituents is 1. The van der Waals surface area contributed by atoms with Crippen LogP contribution in [0.3, 0.4) is 0 Å². The largest absolute Gasteiger partial charge is 0.481 e. The van der Waals surface area contributed by atoms with E-state index in [-0.39, 0.29) is 23.7 Å². The molecule has 292 valence electrons. The smallest absolute Gasteiger partial charge is 0.425 e. The number of rotatable bonds is 12. The SMILES string of the molecule is Cc1cc(C(Nc2ccc3c(N(C(=O)OC(C)(C)C)C(=O)OC(C)(C)C)nccc3c2)C(=O)NC(CC(=O)O)c2cccc([N+](=O)[O-])c2)cc(C)c1CCO. The maximum Gasteiger partial charge on any atom is 0.425 e. The van der Waals surface area contributed by atoms with Gasteiger partial charge >= 0.3 is 18.2 Å². The molecule has 4 aromatic rings. The predicted octanol–water partition coefficient (Wildman–Crippen LogP) is 7.46. The third-order valence-corrected chi connectivity index (χ3v) is 8.27. The number of carbonyl (C=O) groups excluding carboxylic acids is 3. The molecule has 0 aliphatic heterocycles. The normalized spacial score (nSPS) is 12.7. The van der Waals surface area contributed by atoms with Crippen molar-refractivity contribution in [2.24, 2.45) is 0 Å². The van der Waals surface area contributed by atoms with Gasteiger partial charge in [0.1, 0.15) is 17.2 Å². The highest BCUT2D eigenvalue weighted by molar-refractivity contribution is 6.14. The number of aromatic nitrogens is 1. The Hall–Kier alpha value is -6.09. The summed E-state index contributed by atoms with van der Waals surface area (Å²) in [7, 11) is 0. The van der Waals surface area contributed by atoms with Gasteiger partial charge in [-0.05, 0) is 119 Å². The lowest BCUT2D eigenvalue weighted by Crippen LogP contribution is -2.44. The zero-order valence-corrected chi connectivity index (χ0v) is 32.1. The fourth-order valence-electron chi connectivity index (χ4n) is 6.00. The molecule has 0 aliphatic rings. The number of nitrogens with one attached hydrogen (secondary N) is 2. The van der Waals surface area contributed by atoms with Crippen molar-refractivity contribution in [3.05, 3.63) is 105 Å². The number of carbonyl (C=O) groups is 4. The number of aliphatic hydroxyl groups excluding tert-OH is 1. The van der Waals surface area contributed by atoms with E-state index in [0.717, 1.165) is 21.6 Å². The molecule has 15 nitrogen and oxygen atoms in total. The number of pyridine rings is 1. The van der Waals surface area contributed by atoms with Crippen molar-refractivity contribution in [2.75, 3.05) is 16.8 Å². The summed E-state index contributed by atoms with van der Waals surface area (Å²) in [5.41, 5.74) is 1.61. The Morgan fingerprint density at radius 2 is 1.51 bits per heavy atom. The first-order valence-electron chi connectivity index (χ1n) is 17.6. The van der Waals surface area contributed by atoms with E-state index < -0.39 is 58.7 Å². The molecule has 1 heterocycles. The van der Waals surface area contributed by atoms with Gasteiger partial charge in [-0.3, -0.25) is 19.7 Å². The Morgan fingerprint density at radius 3 is 2.05 bits per heavy atom. The number of carboxylic acid groups (broad SMARTS) is 1. The van der Waals surface area contributed by atoms with Gasteiger partial charge in [0.15, 0.2) is 5.82 Å². The summed E-state index contributed by atoms with van der Waals surface area (Å²) < 4.78 is 11.1. The summed E-state index contributed by atoms with van der Waals surface area (Å²) in [4.78, 5) is 69.1. The minimum Gasteiger partial charge on any atom is -0.481 e. The maximum atomic E-state index is 14.3. The number of aliphatic hydroxyl groups is 1. The highest BCUT2D eigenvalue weighted by Gasteiger charge is 2.35. The molecule has 2 unspecified atom stereocenters. The molecule has 4 rings (SSSR count). The molecular weight excluding hydrogens is 710 g/mol. The second kappa shape index (κ2) is 16.9. The molecule has 0 saturated heterocycles. The van der Waals surface area contributed by atoms with Crippen LogP contribution in [0.4, 0.5) is 26.8 Å². The van der Waals surface area contributed by atoms with Crippen molar-refractivity contribution in [3.63, 3.8) is 0 Å². The number of nitrogens with zero attached hydrogens (tertiary/aromatic N) is 3. The molecule has 0 aliphatic carbocycles. The van der Waals surface area contributed by atoms with Crippen molar-refractivity contribution in [1.29, 1.82) is 0 Å². The van der Waals surface area contributed by atoms with Crippen LogP contribution in [0.1, 0.15) is 87.9 Å². The fraction of sp³-hybridized carbons (Fsp3) is 0.375. The Bertz CT molecular complexity index is 2050. The third-order valence-electron chi connectivity index (χ3n) is 8.27. The van der Waals surface area contributed by atoms with Crippen LogP contribution >= 0.6 is 0 Å². The van der Waals surface area contributed by atoms with E-state index in [1.807, 2.05) is 13.8 Å². The van der Waals surface area contributed by atoms with E-state index in [4.69, 9.17) is 9.47 Å². The van der Waals surface area contributed by atoms with Crippen LogP contribution in [0.5, 0.6) is 0 Å². The van der Waals surface area contributed by atoms with Gasteiger partial charge in [-0.1, -0.05) is 24.3 Å². The lowest BCUT2D eigenvalue weighted by atomic mass is 9.93. The molecule has 0 spiro atoms. The van der Waals surface area contributed by atoms with Crippen molar-refractivity contribution >= 4 is 52.0 Å². The summed E-state index contributed by atoms with van der Waals surface area (Å²) in [6, 6.07) is 13.4. The molecule has 3 amide bonds. The van der Waals surface area contributed by atoms with Crippen LogP contribution in [0.2, 0.25) is 0 Å². The van der Waals surface area contributed by atoms with Crippen LogP contribution < -0.4 is 15.5 Å². The van der Waals surface area contributed by atoms with E-state index in [9.17, 15) is 39.5 Å². The number of hydrogen-bond acceptors (Lipinski definition) is 11. The van der Waals surface area contributed by atoms with Crippen LogP contribution in [-0.2, 0) is 25.5 Å². The highest BCUT2D eigenvalue weighted by Crippen LogP contribution is 2.33. The first-order chi connectivity index (χ1) is 25.7. The van der Waals surface area contributed by atoms with E-state index in [2.05, 4.69) is 15.6 Å². The van der Waals surface area contributed by atoms with Crippen LogP contribution in [0, 0.1) is 24.0 Å². The minimum absolute atomic E-state index is 0.0407. The van der Waals surface area contributed by atoms with Crippen molar-refractivity contribution in [3.8, 4) is 0 Å².